The molecule has 9 nitrogen and oxygen atoms in total. The van der Waals surface area contributed by atoms with Gasteiger partial charge in [-0.3, -0.25) is 9.35 Å². The number of benzene rings is 4. The molecule has 0 bridgehead atoms. The van der Waals surface area contributed by atoms with Gasteiger partial charge in [0.1, 0.15) is 16.3 Å². The molecule has 0 aromatic heterocycles. The van der Waals surface area contributed by atoms with Crippen LogP contribution in [0.3, 0.4) is 0 Å². The molecule has 0 aliphatic rings. The second-order valence-electron chi connectivity index (χ2n) is 8.27. The molecule has 0 spiro atoms. The number of rotatable bonds is 8. The van der Waals surface area contributed by atoms with Crippen molar-refractivity contribution in [2.45, 2.75) is 25.2 Å². The maximum absolute atomic E-state index is 13.5. The molecule has 0 saturated carbocycles. The summed E-state index contributed by atoms with van der Waals surface area (Å²) in [7, 11) is -4.77. The number of azo groups is 1. The molecular weight excluding hydrogens is 588 g/mol. The van der Waals surface area contributed by atoms with Crippen LogP contribution in [-0.4, -0.2) is 25.5 Å². The monoisotopic (exact) mass is 609 g/mol. The maximum atomic E-state index is 13.5. The summed E-state index contributed by atoms with van der Waals surface area (Å²) in [6.45, 7) is 3.89. The number of amides is 1. The van der Waals surface area contributed by atoms with Crippen molar-refractivity contribution in [2.24, 2.45) is 10.2 Å². The Kier molecular flexibility index (Phi) is 10.6. The summed E-state index contributed by atoms with van der Waals surface area (Å²) >= 11 is 12.3. The minimum Gasteiger partial charge on any atom is -0.870 e. The molecule has 40 heavy (non-hydrogen) atoms. The minimum atomic E-state index is -4.77. The summed E-state index contributed by atoms with van der Waals surface area (Å²) in [6.07, 6.45) is 0.406. The molecule has 0 radical (unpaired) electrons. The van der Waals surface area contributed by atoms with Crippen molar-refractivity contribution in [3.05, 3.63) is 81.8 Å². The molecule has 202 valence electrons. The first-order valence-electron chi connectivity index (χ1n) is 11.7. The molecule has 4 rings (SSSR count). The van der Waals surface area contributed by atoms with Crippen LogP contribution in [0.4, 0.5) is 17.1 Å². The average molecular weight is 610 g/mol. The van der Waals surface area contributed by atoms with E-state index in [9.17, 15) is 22.9 Å². The summed E-state index contributed by atoms with van der Waals surface area (Å²) < 4.78 is 39.5. The van der Waals surface area contributed by atoms with Crippen molar-refractivity contribution in [1.82, 2.24) is 0 Å². The Morgan fingerprint density at radius 1 is 1.05 bits per heavy atom. The number of fused-ring (bicyclic) bond motifs is 1. The molecular formula is C27H22Cl2N3NaO6S. The van der Waals surface area contributed by atoms with Gasteiger partial charge in [0.05, 0.1) is 23.0 Å². The van der Waals surface area contributed by atoms with Crippen LogP contribution in [0.5, 0.6) is 11.5 Å². The quantitative estimate of drug-likeness (QED) is 0.175. The molecule has 0 aliphatic carbocycles. The van der Waals surface area contributed by atoms with E-state index in [0.717, 1.165) is 0 Å². The van der Waals surface area contributed by atoms with E-state index in [1.54, 1.807) is 56.3 Å². The molecule has 13 heteroatoms. The smallest absolute Gasteiger partial charge is 0.870 e. The van der Waals surface area contributed by atoms with E-state index >= 15 is 0 Å². The van der Waals surface area contributed by atoms with Crippen LogP contribution in [0, 0.1) is 0 Å². The number of nitrogens with zero attached hydrogens (tertiary/aromatic N) is 2. The number of aryl methyl sites for hydroxylation is 1. The van der Waals surface area contributed by atoms with Crippen LogP contribution in [-0.2, 0) is 16.5 Å². The largest absolute Gasteiger partial charge is 1.00 e. The molecule has 0 saturated heterocycles. The number of nitrogens with one attached hydrogen (secondary N) is 1. The van der Waals surface area contributed by atoms with Gasteiger partial charge in [-0.15, -0.1) is 5.11 Å². The van der Waals surface area contributed by atoms with Gasteiger partial charge in [0, 0.05) is 16.0 Å². The van der Waals surface area contributed by atoms with Crippen molar-refractivity contribution in [2.75, 3.05) is 11.9 Å². The fourth-order valence-electron chi connectivity index (χ4n) is 3.94. The van der Waals surface area contributed by atoms with Gasteiger partial charge >= 0.3 is 29.6 Å². The molecule has 0 heterocycles. The van der Waals surface area contributed by atoms with Crippen LogP contribution < -0.4 is 44.7 Å². The number of halogens is 2. The van der Waals surface area contributed by atoms with E-state index < -0.39 is 26.7 Å². The molecule has 4 aromatic carbocycles. The van der Waals surface area contributed by atoms with Crippen LogP contribution in [0.25, 0.3) is 10.8 Å². The topological polar surface area (TPSA) is 140 Å². The van der Waals surface area contributed by atoms with Crippen LogP contribution >= 0.6 is 23.2 Å². The van der Waals surface area contributed by atoms with Crippen LogP contribution in [0.2, 0.25) is 10.0 Å². The predicted octanol–water partition coefficient (Wildman–Crippen LogP) is 4.10. The van der Waals surface area contributed by atoms with Crippen molar-refractivity contribution >= 4 is 67.1 Å². The van der Waals surface area contributed by atoms with Crippen LogP contribution in [0.1, 0.15) is 29.8 Å². The number of hydrogen-bond acceptors (Lipinski definition) is 7. The standard InChI is InChI=1S/C27H23Cl2N3O6S.Na/c1-3-15-9-11-20(26(23(15)29)39(35,36)37)31-32-24-18-8-6-5-7-16(18)13-19(25(24)33)27(34)30-21-14-17(28)10-12-22(21)38-4-2;/h5-14,33H,3-4H2,1-2H3,(H,30,34)(H,35,36,37);/q;+1/p-1. The predicted molar refractivity (Wildman–Crippen MR) is 149 cm³/mol. The van der Waals surface area contributed by atoms with Gasteiger partial charge in [-0.05, 0) is 54.6 Å². The third kappa shape index (κ3) is 6.77. The van der Waals surface area contributed by atoms with Crippen LogP contribution in [0.15, 0.2) is 75.8 Å². The zero-order valence-electron chi connectivity index (χ0n) is 21.7. The normalized spacial score (nSPS) is 11.4. The Bertz CT molecular complexity index is 1730. The van der Waals surface area contributed by atoms with Gasteiger partial charge in [0.25, 0.3) is 16.0 Å². The van der Waals surface area contributed by atoms with Gasteiger partial charge < -0.3 is 15.2 Å². The number of carbonyl (C=O) groups is 1. The van der Waals surface area contributed by atoms with Gasteiger partial charge in [-0.1, -0.05) is 66.2 Å². The number of carbonyl (C=O) groups excluding carboxylic acids is 1. The molecule has 0 fully saturated rings. The fourth-order valence-corrected chi connectivity index (χ4v) is 5.42. The van der Waals surface area contributed by atoms with E-state index in [0.29, 0.717) is 40.1 Å². The third-order valence-corrected chi connectivity index (χ3v) is 7.47. The van der Waals surface area contributed by atoms with E-state index in [4.69, 9.17) is 27.9 Å². The van der Waals surface area contributed by atoms with Gasteiger partial charge in [-0.25, -0.2) is 0 Å². The SMILES string of the molecule is CCOc1ccc(Cl)cc1NC(=O)c1cc2ccccc2c(N=Nc2ccc(CC)c(Cl)c2S(=O)(=O)O)c1[O-].[Na+]. The number of anilines is 1. The van der Waals surface area contributed by atoms with Crippen molar-refractivity contribution in [3.63, 3.8) is 0 Å². The Labute approximate surface area is 263 Å². The maximum Gasteiger partial charge on any atom is 1.00 e. The molecule has 0 atom stereocenters. The van der Waals surface area contributed by atoms with Crippen molar-refractivity contribution < 1.29 is 57.2 Å². The third-order valence-electron chi connectivity index (χ3n) is 5.76. The van der Waals surface area contributed by atoms with Gasteiger partial charge in [0.2, 0.25) is 0 Å². The second-order valence-corrected chi connectivity index (χ2v) is 10.4. The van der Waals surface area contributed by atoms with Gasteiger partial charge in [0.15, 0.2) is 0 Å². The summed E-state index contributed by atoms with van der Waals surface area (Å²) in [5, 5.41) is 25.2. The fraction of sp³-hybridized carbons (Fsp3) is 0.148. The zero-order chi connectivity index (χ0) is 28.3. The number of ether oxygens (including phenoxy) is 1. The zero-order valence-corrected chi connectivity index (χ0v) is 26.1. The summed E-state index contributed by atoms with van der Waals surface area (Å²) in [4.78, 5) is 12.6. The van der Waals surface area contributed by atoms with Crippen molar-refractivity contribution in [1.29, 1.82) is 0 Å². The molecule has 0 unspecified atom stereocenters. The van der Waals surface area contributed by atoms with E-state index in [1.165, 1.54) is 18.2 Å². The Morgan fingerprint density at radius 2 is 1.77 bits per heavy atom. The Balaban J connectivity index is 0.00000441. The van der Waals surface area contributed by atoms with Crippen molar-refractivity contribution in [3.8, 4) is 11.5 Å². The second kappa shape index (κ2) is 13.3. The minimum absolute atomic E-state index is 0. The first-order valence-corrected chi connectivity index (χ1v) is 13.9. The molecule has 0 aliphatic heterocycles. The molecule has 2 N–H and O–H groups in total. The first kappa shape index (κ1) is 31.8. The van der Waals surface area contributed by atoms with E-state index in [1.807, 2.05) is 0 Å². The summed E-state index contributed by atoms with van der Waals surface area (Å²) in [6, 6.07) is 15.7. The Hall–Kier alpha value is -2.70. The van der Waals surface area contributed by atoms with E-state index in [-0.39, 0.29) is 57.2 Å². The van der Waals surface area contributed by atoms with E-state index in [2.05, 4.69) is 15.5 Å². The first-order chi connectivity index (χ1) is 18.5. The molecule has 1 amide bonds. The molecule has 4 aromatic rings. The Morgan fingerprint density at radius 3 is 2.45 bits per heavy atom. The average Bonchev–Trinajstić information content (AvgIpc) is 2.88. The number of hydrogen-bond donors (Lipinski definition) is 2. The summed E-state index contributed by atoms with van der Waals surface area (Å²) in [5.74, 6) is -1.12. The summed E-state index contributed by atoms with van der Waals surface area (Å²) in [5.41, 5.74) is 0.0435. The van der Waals surface area contributed by atoms with Gasteiger partial charge in [-0.2, -0.15) is 13.5 Å².